The zero-order valence-electron chi connectivity index (χ0n) is 15.7. The van der Waals surface area contributed by atoms with Gasteiger partial charge in [0, 0.05) is 24.7 Å². The van der Waals surface area contributed by atoms with Gasteiger partial charge in [0.2, 0.25) is 5.91 Å². The van der Waals surface area contributed by atoms with Crippen molar-refractivity contribution < 1.29 is 32.2 Å². The Morgan fingerprint density at radius 3 is 2.45 bits per heavy atom. The molecule has 2 aromatic carbocycles. The highest BCUT2D eigenvalue weighted by atomic mass is 19.4. The van der Waals surface area contributed by atoms with Crippen LogP contribution in [0.1, 0.15) is 22.3 Å². The van der Waals surface area contributed by atoms with E-state index < -0.39 is 29.3 Å². The molecule has 0 unspecified atom stereocenters. The summed E-state index contributed by atoms with van der Waals surface area (Å²) in [7, 11) is 2.96. The summed E-state index contributed by atoms with van der Waals surface area (Å²) in [5.41, 5.74) is -0.948. The SMILES string of the molecule is COc1ccc(N2C[C@@H](NC(=O)c3ccccc3C(F)(F)F)CC2=O)cc1OC. The number of halogens is 3. The fourth-order valence-corrected chi connectivity index (χ4v) is 3.24. The quantitative estimate of drug-likeness (QED) is 0.825. The number of hydrogen-bond donors (Lipinski definition) is 1. The second-order valence-electron chi connectivity index (χ2n) is 6.46. The van der Waals surface area contributed by atoms with E-state index in [9.17, 15) is 22.8 Å². The Morgan fingerprint density at radius 2 is 1.79 bits per heavy atom. The second-order valence-corrected chi connectivity index (χ2v) is 6.46. The van der Waals surface area contributed by atoms with Crippen LogP contribution in [0.25, 0.3) is 0 Å². The lowest BCUT2D eigenvalue weighted by Crippen LogP contribution is -2.38. The number of nitrogens with zero attached hydrogens (tertiary/aromatic N) is 1. The third kappa shape index (κ3) is 4.28. The summed E-state index contributed by atoms with van der Waals surface area (Å²) in [5, 5.41) is 2.53. The molecule has 1 N–H and O–H groups in total. The summed E-state index contributed by atoms with van der Waals surface area (Å²) in [6.07, 6.45) is -4.67. The molecule has 2 aromatic rings. The maximum absolute atomic E-state index is 13.1. The van der Waals surface area contributed by atoms with E-state index in [0.717, 1.165) is 12.1 Å². The molecular weight excluding hydrogens is 389 g/mol. The summed E-state index contributed by atoms with van der Waals surface area (Å²) in [6.45, 7) is 0.133. The third-order valence-corrected chi connectivity index (χ3v) is 4.62. The molecule has 1 atom stereocenters. The van der Waals surface area contributed by atoms with Crippen LogP contribution in [-0.4, -0.2) is 38.6 Å². The molecule has 1 heterocycles. The zero-order valence-corrected chi connectivity index (χ0v) is 15.7. The van der Waals surface area contributed by atoms with E-state index >= 15 is 0 Å². The van der Waals surface area contributed by atoms with Gasteiger partial charge < -0.3 is 19.7 Å². The van der Waals surface area contributed by atoms with Gasteiger partial charge in [0.1, 0.15) is 0 Å². The fourth-order valence-electron chi connectivity index (χ4n) is 3.24. The Balaban J connectivity index is 1.76. The van der Waals surface area contributed by atoms with Crippen LogP contribution < -0.4 is 19.7 Å². The van der Waals surface area contributed by atoms with Crippen LogP contribution in [0.5, 0.6) is 11.5 Å². The first-order chi connectivity index (χ1) is 13.7. The maximum Gasteiger partial charge on any atom is 0.417 e. The van der Waals surface area contributed by atoms with E-state index in [1.807, 2.05) is 0 Å². The molecule has 0 aliphatic carbocycles. The van der Waals surface area contributed by atoms with Crippen LogP contribution in [-0.2, 0) is 11.0 Å². The fraction of sp³-hybridized carbons (Fsp3) is 0.300. The predicted molar refractivity (Wildman–Crippen MR) is 99.2 cm³/mol. The molecule has 0 radical (unpaired) electrons. The summed E-state index contributed by atoms with van der Waals surface area (Å²) in [4.78, 5) is 26.3. The molecule has 1 fully saturated rings. The van der Waals surface area contributed by atoms with Gasteiger partial charge in [0.15, 0.2) is 11.5 Å². The van der Waals surface area contributed by atoms with Gasteiger partial charge in [0.05, 0.1) is 31.4 Å². The van der Waals surface area contributed by atoms with Crippen molar-refractivity contribution in [2.24, 2.45) is 0 Å². The van der Waals surface area contributed by atoms with Crippen LogP contribution in [0.15, 0.2) is 42.5 Å². The molecule has 6 nitrogen and oxygen atoms in total. The van der Waals surface area contributed by atoms with Crippen molar-refractivity contribution in [2.75, 3.05) is 25.7 Å². The number of carbonyl (C=O) groups excluding carboxylic acids is 2. The minimum Gasteiger partial charge on any atom is -0.493 e. The molecule has 1 saturated heterocycles. The van der Waals surface area contributed by atoms with Crippen molar-refractivity contribution in [1.29, 1.82) is 0 Å². The van der Waals surface area contributed by atoms with Gasteiger partial charge in [-0.25, -0.2) is 0 Å². The Hall–Kier alpha value is -3.23. The molecular formula is C20H19F3N2O4. The van der Waals surface area contributed by atoms with Crippen LogP contribution in [0, 0.1) is 0 Å². The number of carbonyl (C=O) groups is 2. The molecule has 3 rings (SSSR count). The molecule has 1 aliphatic heterocycles. The number of methoxy groups -OCH3 is 2. The van der Waals surface area contributed by atoms with Gasteiger partial charge in [-0.1, -0.05) is 12.1 Å². The van der Waals surface area contributed by atoms with Crippen LogP contribution in [0.2, 0.25) is 0 Å². The topological polar surface area (TPSA) is 67.9 Å². The highest BCUT2D eigenvalue weighted by Gasteiger charge is 2.37. The van der Waals surface area contributed by atoms with Crippen molar-refractivity contribution in [3.05, 3.63) is 53.6 Å². The number of benzene rings is 2. The van der Waals surface area contributed by atoms with E-state index in [-0.39, 0.29) is 18.9 Å². The van der Waals surface area contributed by atoms with Gasteiger partial charge in [-0.05, 0) is 24.3 Å². The van der Waals surface area contributed by atoms with Crippen molar-refractivity contribution in [3.8, 4) is 11.5 Å². The smallest absolute Gasteiger partial charge is 0.417 e. The van der Waals surface area contributed by atoms with E-state index in [1.54, 1.807) is 18.2 Å². The number of amides is 2. The molecule has 0 bridgehead atoms. The second kappa shape index (κ2) is 8.02. The van der Waals surface area contributed by atoms with Gasteiger partial charge in [-0.15, -0.1) is 0 Å². The summed E-state index contributed by atoms with van der Waals surface area (Å²) in [6, 6.07) is 8.86. The lowest BCUT2D eigenvalue weighted by Gasteiger charge is -2.19. The number of rotatable bonds is 5. The first-order valence-electron chi connectivity index (χ1n) is 8.74. The molecule has 0 aromatic heterocycles. The normalized spacial score (nSPS) is 16.7. The lowest BCUT2D eigenvalue weighted by molar-refractivity contribution is -0.138. The minimum atomic E-state index is -4.65. The van der Waals surface area contributed by atoms with Crippen LogP contribution in [0.4, 0.5) is 18.9 Å². The Morgan fingerprint density at radius 1 is 1.10 bits per heavy atom. The van der Waals surface area contributed by atoms with Gasteiger partial charge in [-0.2, -0.15) is 13.2 Å². The van der Waals surface area contributed by atoms with Crippen LogP contribution >= 0.6 is 0 Å². The first kappa shape index (κ1) is 20.5. The van der Waals surface area contributed by atoms with Gasteiger partial charge in [-0.3, -0.25) is 9.59 Å². The number of alkyl halides is 3. The Kier molecular flexibility index (Phi) is 5.67. The molecule has 2 amide bonds. The average Bonchev–Trinajstić information content (AvgIpc) is 3.06. The number of nitrogens with one attached hydrogen (secondary N) is 1. The van der Waals surface area contributed by atoms with Crippen LogP contribution in [0.3, 0.4) is 0 Å². The number of ether oxygens (including phenoxy) is 2. The summed E-state index contributed by atoms with van der Waals surface area (Å²) in [5.74, 6) is -0.197. The zero-order chi connectivity index (χ0) is 21.2. The highest BCUT2D eigenvalue weighted by Crippen LogP contribution is 2.34. The van der Waals surface area contributed by atoms with Crippen molar-refractivity contribution in [3.63, 3.8) is 0 Å². The summed E-state index contributed by atoms with van der Waals surface area (Å²) < 4.78 is 49.8. The minimum absolute atomic E-state index is 0.0196. The monoisotopic (exact) mass is 408 g/mol. The van der Waals surface area contributed by atoms with E-state index in [1.165, 1.54) is 31.3 Å². The van der Waals surface area contributed by atoms with E-state index in [2.05, 4.69) is 5.32 Å². The average molecular weight is 408 g/mol. The van der Waals surface area contributed by atoms with E-state index in [0.29, 0.717) is 17.2 Å². The molecule has 29 heavy (non-hydrogen) atoms. The van der Waals surface area contributed by atoms with Crippen molar-refractivity contribution in [1.82, 2.24) is 5.32 Å². The standard InChI is InChI=1S/C20H19F3N2O4/c1-28-16-8-7-13(10-17(16)29-2)25-11-12(9-18(25)26)24-19(27)14-5-3-4-6-15(14)20(21,22)23/h3-8,10,12H,9,11H2,1-2H3,(H,24,27)/t12-/m0/s1. The number of anilines is 1. The molecule has 0 saturated carbocycles. The maximum atomic E-state index is 13.1. The van der Waals surface area contributed by atoms with Crippen molar-refractivity contribution in [2.45, 2.75) is 18.6 Å². The highest BCUT2D eigenvalue weighted by molar-refractivity contribution is 5.99. The van der Waals surface area contributed by atoms with Gasteiger partial charge >= 0.3 is 6.18 Å². The largest absolute Gasteiger partial charge is 0.493 e. The van der Waals surface area contributed by atoms with E-state index in [4.69, 9.17) is 9.47 Å². The molecule has 154 valence electrons. The molecule has 9 heteroatoms. The predicted octanol–water partition coefficient (Wildman–Crippen LogP) is 3.26. The van der Waals surface area contributed by atoms with Gasteiger partial charge in [0.25, 0.3) is 5.91 Å². The van der Waals surface area contributed by atoms with Crippen molar-refractivity contribution >= 4 is 17.5 Å². The Labute approximate surface area is 165 Å². The molecule has 1 aliphatic rings. The lowest BCUT2D eigenvalue weighted by atomic mass is 10.1. The molecule has 0 spiro atoms. The first-order valence-corrected chi connectivity index (χ1v) is 8.74. The third-order valence-electron chi connectivity index (χ3n) is 4.62. The summed E-state index contributed by atoms with van der Waals surface area (Å²) >= 11 is 0. The number of hydrogen-bond acceptors (Lipinski definition) is 4. The Bertz CT molecular complexity index is 930.